The fraction of sp³-hybridized carbons (Fsp3) is 0.136. The fourth-order valence-electron chi connectivity index (χ4n) is 3.87. The summed E-state index contributed by atoms with van der Waals surface area (Å²) in [5, 5.41) is 18.5. The molecule has 0 saturated heterocycles. The lowest BCUT2D eigenvalue weighted by atomic mass is 9.96. The Bertz CT molecular complexity index is 1130. The number of nitro groups is 1. The number of para-hydroxylation sites is 1. The monoisotopic (exact) mass is 405 g/mol. The van der Waals surface area contributed by atoms with Crippen molar-refractivity contribution in [2.24, 2.45) is 5.10 Å². The second kappa shape index (κ2) is 6.90. The molecular weight excluding hydrogens is 390 g/mol. The summed E-state index contributed by atoms with van der Waals surface area (Å²) >= 11 is 6.41. The maximum absolute atomic E-state index is 11.0. The van der Waals surface area contributed by atoms with Gasteiger partial charge in [0.1, 0.15) is 5.75 Å². The van der Waals surface area contributed by atoms with Crippen LogP contribution >= 0.6 is 11.6 Å². The molecule has 5 rings (SSSR count). The number of nitro benzene ring substituents is 1. The molecule has 0 fully saturated rings. The molecule has 3 aromatic rings. The van der Waals surface area contributed by atoms with Gasteiger partial charge in [-0.05, 0) is 24.3 Å². The lowest BCUT2D eigenvalue weighted by Crippen LogP contribution is -2.33. The van der Waals surface area contributed by atoms with E-state index in [1.54, 1.807) is 12.1 Å². The van der Waals surface area contributed by atoms with Crippen molar-refractivity contribution in [3.63, 3.8) is 0 Å². The van der Waals surface area contributed by atoms with Gasteiger partial charge >= 0.3 is 0 Å². The van der Waals surface area contributed by atoms with Crippen LogP contribution in [0.4, 0.5) is 5.69 Å². The normalized spacial score (nSPS) is 19.8. The fourth-order valence-corrected chi connectivity index (χ4v) is 4.12. The third-order valence-corrected chi connectivity index (χ3v) is 5.60. The molecule has 0 aliphatic carbocycles. The van der Waals surface area contributed by atoms with Crippen LogP contribution < -0.4 is 4.74 Å². The molecule has 0 bridgehead atoms. The maximum atomic E-state index is 11.0. The molecule has 0 aromatic heterocycles. The predicted molar refractivity (Wildman–Crippen MR) is 110 cm³/mol. The SMILES string of the molecule is O=[N+]([O-])c1ccc(C2Oc3ccccc3C3CC(c4ccccc4Cl)=NN32)cc1. The number of halogens is 1. The van der Waals surface area contributed by atoms with Crippen molar-refractivity contribution in [2.75, 3.05) is 0 Å². The van der Waals surface area contributed by atoms with Crippen molar-refractivity contribution in [1.29, 1.82) is 0 Å². The van der Waals surface area contributed by atoms with Crippen molar-refractivity contribution >= 4 is 23.0 Å². The second-order valence-electron chi connectivity index (χ2n) is 6.98. The average Bonchev–Trinajstić information content (AvgIpc) is 3.19. The van der Waals surface area contributed by atoms with E-state index in [0.29, 0.717) is 11.4 Å². The Morgan fingerprint density at radius 3 is 2.52 bits per heavy atom. The molecule has 2 atom stereocenters. The number of hydrogen-bond acceptors (Lipinski definition) is 5. The Labute approximate surface area is 172 Å². The summed E-state index contributed by atoms with van der Waals surface area (Å²) in [6, 6.07) is 22.0. The highest BCUT2D eigenvalue weighted by atomic mass is 35.5. The van der Waals surface area contributed by atoms with Gasteiger partial charge in [-0.25, -0.2) is 5.01 Å². The third kappa shape index (κ3) is 3.02. The Kier molecular flexibility index (Phi) is 4.21. The molecule has 0 spiro atoms. The van der Waals surface area contributed by atoms with E-state index in [0.717, 1.165) is 28.2 Å². The van der Waals surface area contributed by atoms with E-state index in [1.165, 1.54) is 12.1 Å². The van der Waals surface area contributed by atoms with Gasteiger partial charge in [0, 0.05) is 40.3 Å². The van der Waals surface area contributed by atoms with Crippen LogP contribution in [0.1, 0.15) is 35.4 Å². The Morgan fingerprint density at radius 1 is 1.03 bits per heavy atom. The van der Waals surface area contributed by atoms with Crippen molar-refractivity contribution in [3.8, 4) is 5.75 Å². The molecule has 144 valence electrons. The van der Waals surface area contributed by atoms with Crippen LogP contribution in [0.3, 0.4) is 0 Å². The lowest BCUT2D eigenvalue weighted by molar-refractivity contribution is -0.384. The van der Waals surface area contributed by atoms with E-state index in [2.05, 4.69) is 0 Å². The first kappa shape index (κ1) is 17.7. The molecule has 2 unspecified atom stereocenters. The van der Waals surface area contributed by atoms with Crippen LogP contribution in [0.2, 0.25) is 5.02 Å². The zero-order valence-corrected chi connectivity index (χ0v) is 16.0. The minimum Gasteiger partial charge on any atom is -0.464 e. The summed E-state index contributed by atoms with van der Waals surface area (Å²) in [6.45, 7) is 0. The van der Waals surface area contributed by atoms with E-state index in [1.807, 2.05) is 53.5 Å². The number of hydrogen-bond donors (Lipinski definition) is 0. The first-order chi connectivity index (χ1) is 14.1. The summed E-state index contributed by atoms with van der Waals surface area (Å²) in [4.78, 5) is 10.6. The first-order valence-corrected chi connectivity index (χ1v) is 9.60. The minimum absolute atomic E-state index is 0.00594. The molecule has 2 aliphatic rings. The van der Waals surface area contributed by atoms with E-state index in [4.69, 9.17) is 21.4 Å². The molecule has 2 heterocycles. The Morgan fingerprint density at radius 2 is 1.76 bits per heavy atom. The maximum Gasteiger partial charge on any atom is 0.269 e. The minimum atomic E-state index is -0.476. The van der Waals surface area contributed by atoms with Crippen LogP contribution in [0, 0.1) is 10.1 Å². The topological polar surface area (TPSA) is 68.0 Å². The van der Waals surface area contributed by atoms with E-state index in [-0.39, 0.29) is 11.7 Å². The molecule has 0 saturated carbocycles. The summed E-state index contributed by atoms with van der Waals surface area (Å²) in [5.41, 5.74) is 3.72. The molecule has 7 heteroatoms. The second-order valence-corrected chi connectivity index (χ2v) is 7.39. The highest BCUT2D eigenvalue weighted by Gasteiger charge is 2.41. The number of ether oxygens (including phenoxy) is 1. The summed E-state index contributed by atoms with van der Waals surface area (Å²) in [7, 11) is 0. The molecule has 3 aromatic carbocycles. The van der Waals surface area contributed by atoms with Gasteiger partial charge in [-0.15, -0.1) is 0 Å². The highest BCUT2D eigenvalue weighted by Crippen LogP contribution is 2.47. The molecule has 29 heavy (non-hydrogen) atoms. The molecule has 0 N–H and O–H groups in total. The van der Waals surface area contributed by atoms with Crippen LogP contribution in [0.5, 0.6) is 5.75 Å². The zero-order valence-electron chi connectivity index (χ0n) is 15.2. The smallest absolute Gasteiger partial charge is 0.269 e. The zero-order chi connectivity index (χ0) is 20.0. The Hall–Kier alpha value is -3.38. The molecule has 0 amide bonds. The summed E-state index contributed by atoms with van der Waals surface area (Å²) < 4.78 is 6.26. The Balaban J connectivity index is 1.58. The number of benzene rings is 3. The largest absolute Gasteiger partial charge is 0.464 e. The van der Waals surface area contributed by atoms with E-state index >= 15 is 0 Å². The predicted octanol–water partition coefficient (Wildman–Crippen LogP) is 5.49. The van der Waals surface area contributed by atoms with E-state index < -0.39 is 11.2 Å². The highest BCUT2D eigenvalue weighted by molar-refractivity contribution is 6.34. The van der Waals surface area contributed by atoms with Crippen LogP contribution in [0.15, 0.2) is 77.9 Å². The van der Waals surface area contributed by atoms with Gasteiger partial charge in [0.2, 0.25) is 6.23 Å². The summed E-state index contributed by atoms with van der Waals surface area (Å²) in [5.74, 6) is 0.799. The number of nitrogens with zero attached hydrogens (tertiary/aromatic N) is 3. The standard InChI is InChI=1S/C22H16ClN3O3/c23-18-7-3-1-5-16(18)19-13-20-17-6-2-4-8-21(17)29-22(25(20)24-19)14-9-11-15(12-10-14)26(27)28/h1-12,20,22H,13H2. The average molecular weight is 406 g/mol. The van der Waals surface area contributed by atoms with Crippen molar-refractivity contribution in [2.45, 2.75) is 18.7 Å². The number of rotatable bonds is 3. The van der Waals surface area contributed by atoms with Gasteiger partial charge < -0.3 is 4.74 Å². The molecule has 2 aliphatic heterocycles. The first-order valence-electron chi connectivity index (χ1n) is 9.22. The molecule has 0 radical (unpaired) electrons. The van der Waals surface area contributed by atoms with Gasteiger partial charge in [0.15, 0.2) is 0 Å². The van der Waals surface area contributed by atoms with Crippen molar-refractivity contribution in [1.82, 2.24) is 5.01 Å². The van der Waals surface area contributed by atoms with Crippen LogP contribution in [-0.2, 0) is 0 Å². The summed E-state index contributed by atoms with van der Waals surface area (Å²) in [6.07, 6.45) is 0.226. The van der Waals surface area contributed by atoms with Crippen molar-refractivity contribution in [3.05, 3.63) is 105 Å². The number of fused-ring (bicyclic) bond motifs is 3. The third-order valence-electron chi connectivity index (χ3n) is 5.27. The van der Waals surface area contributed by atoms with Crippen LogP contribution in [-0.4, -0.2) is 15.6 Å². The van der Waals surface area contributed by atoms with E-state index in [9.17, 15) is 10.1 Å². The van der Waals surface area contributed by atoms with Gasteiger partial charge in [-0.1, -0.05) is 48.0 Å². The van der Waals surface area contributed by atoms with Gasteiger partial charge in [-0.2, -0.15) is 5.10 Å². The lowest BCUT2D eigenvalue weighted by Gasteiger charge is -2.38. The van der Waals surface area contributed by atoms with Gasteiger partial charge in [0.25, 0.3) is 5.69 Å². The molecule has 6 nitrogen and oxygen atoms in total. The number of non-ortho nitro benzene ring substituents is 1. The van der Waals surface area contributed by atoms with Gasteiger partial charge in [-0.3, -0.25) is 10.1 Å². The van der Waals surface area contributed by atoms with Gasteiger partial charge in [0.05, 0.1) is 16.7 Å². The molecular formula is C22H16ClN3O3. The van der Waals surface area contributed by atoms with Crippen molar-refractivity contribution < 1.29 is 9.66 Å². The van der Waals surface area contributed by atoms with Crippen LogP contribution in [0.25, 0.3) is 0 Å². The number of hydrazone groups is 1. The quantitative estimate of drug-likeness (QED) is 0.426.